The summed E-state index contributed by atoms with van der Waals surface area (Å²) in [4.78, 5) is 24.2. The molecule has 0 saturated carbocycles. The van der Waals surface area contributed by atoms with Crippen LogP contribution in [0, 0.1) is 0 Å². The number of nitrogens with zero attached hydrogens (tertiary/aromatic N) is 1. The average Bonchev–Trinajstić information content (AvgIpc) is 2.42. The maximum atomic E-state index is 12.0. The minimum absolute atomic E-state index is 0.145. The van der Waals surface area contributed by atoms with E-state index in [9.17, 15) is 9.59 Å². The molecule has 0 radical (unpaired) electrons. The molecular formula is C15H20N2O3. The zero-order chi connectivity index (χ0) is 15.0. The van der Waals surface area contributed by atoms with Gasteiger partial charge >= 0.3 is 12.0 Å². The lowest BCUT2D eigenvalue weighted by atomic mass is 10.2. The van der Waals surface area contributed by atoms with E-state index >= 15 is 0 Å². The van der Waals surface area contributed by atoms with Crippen LogP contribution in [0.4, 0.5) is 10.5 Å². The first-order chi connectivity index (χ1) is 9.56. The van der Waals surface area contributed by atoms with Gasteiger partial charge in [-0.15, -0.1) is 0 Å². The monoisotopic (exact) mass is 276 g/mol. The molecule has 0 atom stereocenters. The van der Waals surface area contributed by atoms with Crippen LogP contribution in [0.25, 0.3) is 6.08 Å². The van der Waals surface area contributed by atoms with E-state index in [4.69, 9.17) is 5.11 Å². The number of carbonyl (C=O) groups is 2. The fourth-order valence-electron chi connectivity index (χ4n) is 1.76. The lowest BCUT2D eigenvalue weighted by Gasteiger charge is -2.20. The van der Waals surface area contributed by atoms with Crippen molar-refractivity contribution in [1.82, 2.24) is 4.90 Å². The van der Waals surface area contributed by atoms with Gasteiger partial charge in [0, 0.05) is 24.9 Å². The van der Waals surface area contributed by atoms with E-state index in [2.05, 4.69) is 5.32 Å². The highest BCUT2D eigenvalue weighted by atomic mass is 16.4. The van der Waals surface area contributed by atoms with Crippen molar-refractivity contribution in [3.8, 4) is 0 Å². The minimum Gasteiger partial charge on any atom is -0.478 e. The molecule has 0 aliphatic carbocycles. The van der Waals surface area contributed by atoms with Crippen molar-refractivity contribution in [2.45, 2.75) is 20.3 Å². The van der Waals surface area contributed by atoms with E-state index < -0.39 is 5.97 Å². The van der Waals surface area contributed by atoms with Gasteiger partial charge in [0.05, 0.1) is 0 Å². The smallest absolute Gasteiger partial charge is 0.328 e. The summed E-state index contributed by atoms with van der Waals surface area (Å²) in [6.45, 7) is 5.31. The molecule has 0 aromatic heterocycles. The summed E-state index contributed by atoms with van der Waals surface area (Å²) in [6, 6.07) is 6.91. The molecule has 1 aromatic carbocycles. The first kappa shape index (κ1) is 15.8. The standard InChI is InChI=1S/C15H20N2O3/c1-3-10-17(4-2)15(20)16-13-7-5-6-12(11-13)8-9-14(18)19/h5-9,11H,3-4,10H2,1-2H3,(H,16,20)(H,18,19)/b9-8+. The fourth-order valence-corrected chi connectivity index (χ4v) is 1.76. The third kappa shape index (κ3) is 5.14. The van der Waals surface area contributed by atoms with Crippen molar-refractivity contribution in [2.24, 2.45) is 0 Å². The normalized spacial score (nSPS) is 10.5. The molecule has 0 aliphatic rings. The molecule has 0 heterocycles. The fraction of sp³-hybridized carbons (Fsp3) is 0.333. The second kappa shape index (κ2) is 7.99. The molecular weight excluding hydrogens is 256 g/mol. The Morgan fingerprint density at radius 1 is 1.35 bits per heavy atom. The number of benzene rings is 1. The molecule has 5 nitrogen and oxygen atoms in total. The SMILES string of the molecule is CCCN(CC)C(=O)Nc1cccc(/C=C/C(=O)O)c1. The quantitative estimate of drug-likeness (QED) is 0.784. The Morgan fingerprint density at radius 2 is 2.10 bits per heavy atom. The second-order valence-electron chi connectivity index (χ2n) is 4.31. The van der Waals surface area contributed by atoms with Gasteiger partial charge in [0.1, 0.15) is 0 Å². The number of amides is 2. The maximum absolute atomic E-state index is 12.0. The van der Waals surface area contributed by atoms with Crippen LogP contribution in [0.1, 0.15) is 25.8 Å². The van der Waals surface area contributed by atoms with Crippen LogP contribution in [-0.2, 0) is 4.79 Å². The van der Waals surface area contributed by atoms with Crippen molar-refractivity contribution in [1.29, 1.82) is 0 Å². The molecule has 1 aromatic rings. The Kier molecular flexibility index (Phi) is 6.29. The van der Waals surface area contributed by atoms with Crippen molar-refractivity contribution >= 4 is 23.8 Å². The van der Waals surface area contributed by atoms with Crippen LogP contribution in [0.2, 0.25) is 0 Å². The average molecular weight is 276 g/mol. The van der Waals surface area contributed by atoms with Crippen LogP contribution in [0.5, 0.6) is 0 Å². The van der Waals surface area contributed by atoms with E-state index in [-0.39, 0.29) is 6.03 Å². The number of aliphatic carboxylic acids is 1. The van der Waals surface area contributed by atoms with Gasteiger partial charge < -0.3 is 15.3 Å². The van der Waals surface area contributed by atoms with Crippen LogP contribution in [0.3, 0.4) is 0 Å². The Hall–Kier alpha value is -2.30. The highest BCUT2D eigenvalue weighted by Crippen LogP contribution is 2.13. The molecule has 0 saturated heterocycles. The van der Waals surface area contributed by atoms with Gasteiger partial charge in [-0.05, 0) is 37.1 Å². The topological polar surface area (TPSA) is 69.6 Å². The molecule has 0 fully saturated rings. The van der Waals surface area contributed by atoms with Crippen LogP contribution < -0.4 is 5.32 Å². The number of hydrogen-bond acceptors (Lipinski definition) is 2. The third-order valence-corrected chi connectivity index (χ3v) is 2.72. The first-order valence-corrected chi connectivity index (χ1v) is 6.63. The Bertz CT molecular complexity index is 498. The maximum Gasteiger partial charge on any atom is 0.328 e. The van der Waals surface area contributed by atoms with Crippen LogP contribution in [0.15, 0.2) is 30.3 Å². The van der Waals surface area contributed by atoms with Crippen molar-refractivity contribution in [3.63, 3.8) is 0 Å². The van der Waals surface area contributed by atoms with Gasteiger partial charge in [0.25, 0.3) is 0 Å². The van der Waals surface area contributed by atoms with Gasteiger partial charge in [-0.1, -0.05) is 19.1 Å². The number of nitrogens with one attached hydrogen (secondary N) is 1. The Morgan fingerprint density at radius 3 is 2.70 bits per heavy atom. The third-order valence-electron chi connectivity index (χ3n) is 2.72. The van der Waals surface area contributed by atoms with Gasteiger partial charge in [-0.25, -0.2) is 9.59 Å². The van der Waals surface area contributed by atoms with Gasteiger partial charge in [-0.3, -0.25) is 0 Å². The molecule has 108 valence electrons. The van der Waals surface area contributed by atoms with E-state index in [1.165, 1.54) is 6.08 Å². The summed E-state index contributed by atoms with van der Waals surface area (Å²) in [6.07, 6.45) is 3.46. The number of carbonyl (C=O) groups excluding carboxylic acids is 1. The number of hydrogen-bond donors (Lipinski definition) is 2. The summed E-state index contributed by atoms with van der Waals surface area (Å²) < 4.78 is 0. The van der Waals surface area contributed by atoms with E-state index in [1.807, 2.05) is 13.8 Å². The molecule has 0 bridgehead atoms. The van der Waals surface area contributed by atoms with E-state index in [1.54, 1.807) is 29.2 Å². The lowest BCUT2D eigenvalue weighted by Crippen LogP contribution is -2.35. The van der Waals surface area contributed by atoms with E-state index in [0.29, 0.717) is 18.8 Å². The zero-order valence-electron chi connectivity index (χ0n) is 11.8. The van der Waals surface area contributed by atoms with Crippen LogP contribution in [-0.4, -0.2) is 35.1 Å². The molecule has 0 aliphatic heterocycles. The highest BCUT2D eigenvalue weighted by Gasteiger charge is 2.10. The Balaban J connectivity index is 2.75. The number of rotatable bonds is 6. The minimum atomic E-state index is -1.00. The number of anilines is 1. The van der Waals surface area contributed by atoms with Crippen molar-refractivity contribution < 1.29 is 14.7 Å². The largest absolute Gasteiger partial charge is 0.478 e. The molecule has 2 amide bonds. The summed E-state index contributed by atoms with van der Waals surface area (Å²) in [5, 5.41) is 11.4. The van der Waals surface area contributed by atoms with Gasteiger partial charge in [-0.2, -0.15) is 0 Å². The second-order valence-corrected chi connectivity index (χ2v) is 4.31. The number of carboxylic acid groups (broad SMARTS) is 1. The lowest BCUT2D eigenvalue weighted by molar-refractivity contribution is -0.131. The molecule has 2 N–H and O–H groups in total. The molecule has 0 spiro atoms. The highest BCUT2D eigenvalue weighted by molar-refractivity contribution is 5.90. The van der Waals surface area contributed by atoms with E-state index in [0.717, 1.165) is 18.1 Å². The van der Waals surface area contributed by atoms with Crippen LogP contribution >= 0.6 is 0 Å². The van der Waals surface area contributed by atoms with Crippen molar-refractivity contribution in [3.05, 3.63) is 35.9 Å². The number of urea groups is 1. The first-order valence-electron chi connectivity index (χ1n) is 6.63. The molecule has 5 heteroatoms. The number of carboxylic acids is 1. The van der Waals surface area contributed by atoms with Crippen molar-refractivity contribution in [2.75, 3.05) is 18.4 Å². The summed E-state index contributed by atoms with van der Waals surface area (Å²) in [5.41, 5.74) is 1.38. The van der Waals surface area contributed by atoms with Gasteiger partial charge in [0.2, 0.25) is 0 Å². The molecule has 0 unspecified atom stereocenters. The predicted molar refractivity (Wildman–Crippen MR) is 79.7 cm³/mol. The molecule has 20 heavy (non-hydrogen) atoms. The predicted octanol–water partition coefficient (Wildman–Crippen LogP) is 3.05. The summed E-state index contributed by atoms with van der Waals surface area (Å²) in [5.74, 6) is -1.00. The molecule has 1 rings (SSSR count). The van der Waals surface area contributed by atoms with Gasteiger partial charge in [0.15, 0.2) is 0 Å². The summed E-state index contributed by atoms with van der Waals surface area (Å²) >= 11 is 0. The summed E-state index contributed by atoms with van der Waals surface area (Å²) in [7, 11) is 0. The zero-order valence-corrected chi connectivity index (χ0v) is 11.8. The Labute approximate surface area is 118 Å².